The van der Waals surface area contributed by atoms with Crippen molar-refractivity contribution < 1.29 is 12.7 Å². The van der Waals surface area contributed by atoms with E-state index in [-0.39, 0.29) is 5.75 Å². The second-order valence-electron chi connectivity index (χ2n) is 5.67. The molecule has 2 aromatic carbocycles. The first-order valence-electron chi connectivity index (χ1n) is 7.75. The number of nitrogens with zero attached hydrogens (tertiary/aromatic N) is 1. The highest BCUT2D eigenvalue weighted by Gasteiger charge is 2.17. The van der Waals surface area contributed by atoms with Crippen molar-refractivity contribution in [2.45, 2.75) is 26.2 Å². The van der Waals surface area contributed by atoms with Crippen molar-refractivity contribution >= 4 is 16.3 Å². The molecule has 0 unspecified atom stereocenters. The predicted molar refractivity (Wildman–Crippen MR) is 92.1 cm³/mol. The first-order valence-corrected chi connectivity index (χ1v) is 9.33. The molecule has 1 aliphatic carbocycles. The molecule has 120 valence electrons. The van der Waals surface area contributed by atoms with Crippen molar-refractivity contribution in [1.29, 1.82) is 0 Å². The van der Waals surface area contributed by atoms with E-state index in [1.54, 1.807) is 0 Å². The molecule has 23 heavy (non-hydrogen) atoms. The van der Waals surface area contributed by atoms with Crippen molar-refractivity contribution in [3.05, 3.63) is 59.2 Å². The van der Waals surface area contributed by atoms with Crippen LogP contribution in [0.25, 0.3) is 11.1 Å². The van der Waals surface area contributed by atoms with E-state index in [9.17, 15) is 8.42 Å². The van der Waals surface area contributed by atoms with Crippen LogP contribution in [0.15, 0.2) is 47.6 Å². The lowest BCUT2D eigenvalue weighted by Crippen LogP contribution is -2.07. The summed E-state index contributed by atoms with van der Waals surface area (Å²) < 4.78 is 27.8. The van der Waals surface area contributed by atoms with E-state index in [2.05, 4.69) is 21.6 Å². The van der Waals surface area contributed by atoms with E-state index in [1.807, 2.05) is 37.3 Å². The van der Waals surface area contributed by atoms with Gasteiger partial charge in [-0.3, -0.25) is 4.28 Å². The van der Waals surface area contributed by atoms with Crippen LogP contribution in [-0.2, 0) is 20.8 Å². The van der Waals surface area contributed by atoms with E-state index in [0.29, 0.717) is 6.42 Å². The van der Waals surface area contributed by atoms with Crippen LogP contribution < -0.4 is 0 Å². The molecular formula is C18H19NO3S. The standard InChI is InChI=1S/C18H19NO3S/c1-2-3-10-23(20,21)22-19-13-14-8-9-18-16(11-14)12-15-6-4-5-7-17(15)18/h4-9,11,13H,2-3,10,12H2,1H3. The Morgan fingerprint density at radius 2 is 1.91 bits per heavy atom. The van der Waals surface area contributed by atoms with Crippen LogP contribution in [0, 0.1) is 0 Å². The molecule has 5 heteroatoms. The molecule has 0 aliphatic heterocycles. The lowest BCUT2D eigenvalue weighted by atomic mass is 10.0. The van der Waals surface area contributed by atoms with E-state index >= 15 is 0 Å². The minimum Gasteiger partial charge on any atom is -0.268 e. The van der Waals surface area contributed by atoms with Crippen LogP contribution >= 0.6 is 0 Å². The highest BCUT2D eigenvalue weighted by molar-refractivity contribution is 7.86. The normalized spacial score (nSPS) is 13.1. The lowest BCUT2D eigenvalue weighted by molar-refractivity contribution is 0.340. The number of oxime groups is 1. The van der Waals surface area contributed by atoms with Gasteiger partial charge in [0.1, 0.15) is 0 Å². The number of unbranched alkanes of at least 4 members (excludes halogenated alkanes) is 1. The van der Waals surface area contributed by atoms with E-state index < -0.39 is 10.1 Å². The van der Waals surface area contributed by atoms with E-state index in [0.717, 1.165) is 18.4 Å². The second-order valence-corrected chi connectivity index (χ2v) is 7.35. The highest BCUT2D eigenvalue weighted by Crippen LogP contribution is 2.36. The number of hydrogen-bond acceptors (Lipinski definition) is 4. The Balaban J connectivity index is 1.72. The van der Waals surface area contributed by atoms with Gasteiger partial charge >= 0.3 is 10.1 Å². The third kappa shape index (κ3) is 3.62. The molecule has 0 N–H and O–H groups in total. The summed E-state index contributed by atoms with van der Waals surface area (Å²) in [7, 11) is -3.57. The summed E-state index contributed by atoms with van der Waals surface area (Å²) in [5, 5.41) is 3.63. The van der Waals surface area contributed by atoms with E-state index in [4.69, 9.17) is 0 Å². The molecule has 4 nitrogen and oxygen atoms in total. The third-order valence-electron chi connectivity index (χ3n) is 3.92. The highest BCUT2D eigenvalue weighted by atomic mass is 32.2. The third-order valence-corrected chi connectivity index (χ3v) is 5.03. The largest absolute Gasteiger partial charge is 0.328 e. The summed E-state index contributed by atoms with van der Waals surface area (Å²) in [5.41, 5.74) is 5.87. The maximum atomic E-state index is 11.6. The molecule has 2 aromatic rings. The van der Waals surface area contributed by atoms with Crippen LogP contribution in [0.2, 0.25) is 0 Å². The minimum absolute atomic E-state index is 0.000335. The van der Waals surface area contributed by atoms with Crippen molar-refractivity contribution in [3.63, 3.8) is 0 Å². The summed E-state index contributed by atoms with van der Waals surface area (Å²) in [6, 6.07) is 14.3. The van der Waals surface area contributed by atoms with Crippen molar-refractivity contribution in [1.82, 2.24) is 0 Å². The molecule has 0 amide bonds. The lowest BCUT2D eigenvalue weighted by Gasteiger charge is -2.02. The summed E-state index contributed by atoms with van der Waals surface area (Å²) >= 11 is 0. The smallest absolute Gasteiger partial charge is 0.268 e. The monoisotopic (exact) mass is 329 g/mol. The maximum Gasteiger partial charge on any atom is 0.328 e. The van der Waals surface area contributed by atoms with Gasteiger partial charge in [0, 0.05) is 0 Å². The van der Waals surface area contributed by atoms with Crippen LogP contribution in [0.1, 0.15) is 36.5 Å². The molecule has 0 spiro atoms. The first-order chi connectivity index (χ1) is 11.1. The average molecular weight is 329 g/mol. The molecule has 0 aromatic heterocycles. The van der Waals surface area contributed by atoms with Crippen LogP contribution in [0.5, 0.6) is 0 Å². The summed E-state index contributed by atoms with van der Waals surface area (Å²) in [5.74, 6) is 0.000335. The van der Waals surface area contributed by atoms with Gasteiger partial charge in [0.05, 0.1) is 12.0 Å². The average Bonchev–Trinajstić information content (AvgIpc) is 2.90. The number of hydrogen-bond donors (Lipinski definition) is 0. The van der Waals surface area contributed by atoms with Gasteiger partial charge in [-0.1, -0.05) is 54.9 Å². The van der Waals surface area contributed by atoms with Gasteiger partial charge in [0.25, 0.3) is 0 Å². The van der Waals surface area contributed by atoms with Crippen LogP contribution in [-0.4, -0.2) is 20.4 Å². The van der Waals surface area contributed by atoms with Crippen molar-refractivity contribution in [2.75, 3.05) is 5.75 Å². The molecule has 0 fully saturated rings. The quantitative estimate of drug-likeness (QED) is 0.511. The van der Waals surface area contributed by atoms with Crippen molar-refractivity contribution in [3.8, 4) is 11.1 Å². The molecule has 1 aliphatic rings. The topological polar surface area (TPSA) is 55.7 Å². The summed E-state index contributed by atoms with van der Waals surface area (Å²) in [4.78, 5) is 0. The Labute approximate surface area is 136 Å². The zero-order valence-corrected chi connectivity index (χ0v) is 13.8. The zero-order chi connectivity index (χ0) is 16.3. The molecule has 0 bridgehead atoms. The molecule has 0 radical (unpaired) electrons. The Kier molecular flexibility index (Phi) is 4.48. The van der Waals surface area contributed by atoms with Gasteiger partial charge < -0.3 is 0 Å². The van der Waals surface area contributed by atoms with Gasteiger partial charge in [0.15, 0.2) is 0 Å². The van der Waals surface area contributed by atoms with Crippen molar-refractivity contribution in [2.24, 2.45) is 5.16 Å². The molecular weight excluding hydrogens is 310 g/mol. The second kappa shape index (κ2) is 6.54. The molecule has 0 saturated carbocycles. The Morgan fingerprint density at radius 1 is 1.13 bits per heavy atom. The summed E-state index contributed by atoms with van der Waals surface area (Å²) in [6.07, 6.45) is 3.72. The molecule has 0 heterocycles. The Bertz CT molecular complexity index is 841. The molecule has 3 rings (SSSR count). The Hall–Kier alpha value is -2.14. The predicted octanol–water partition coefficient (Wildman–Crippen LogP) is 3.74. The van der Waals surface area contributed by atoms with Gasteiger partial charge in [-0.25, -0.2) is 0 Å². The van der Waals surface area contributed by atoms with E-state index in [1.165, 1.54) is 28.5 Å². The zero-order valence-electron chi connectivity index (χ0n) is 13.0. The van der Waals surface area contributed by atoms with Crippen LogP contribution in [0.4, 0.5) is 0 Å². The Morgan fingerprint density at radius 3 is 2.74 bits per heavy atom. The van der Waals surface area contributed by atoms with Gasteiger partial charge in [-0.15, -0.1) is 0 Å². The van der Waals surface area contributed by atoms with Gasteiger partial charge in [-0.05, 0) is 46.7 Å². The number of rotatable bonds is 6. The molecule has 0 atom stereocenters. The number of fused-ring (bicyclic) bond motifs is 3. The van der Waals surface area contributed by atoms with Crippen LogP contribution in [0.3, 0.4) is 0 Å². The molecule has 0 saturated heterocycles. The van der Waals surface area contributed by atoms with Gasteiger partial charge in [0.2, 0.25) is 0 Å². The number of benzene rings is 2. The SMILES string of the molecule is CCCCS(=O)(=O)ON=Cc1ccc2c(c1)Cc1ccccc1-2. The van der Waals surface area contributed by atoms with Gasteiger partial charge in [-0.2, -0.15) is 8.42 Å². The summed E-state index contributed by atoms with van der Waals surface area (Å²) in [6.45, 7) is 1.93. The first kappa shape index (κ1) is 15.7. The minimum atomic E-state index is -3.57. The fourth-order valence-electron chi connectivity index (χ4n) is 2.75. The maximum absolute atomic E-state index is 11.6. The fraction of sp³-hybridized carbons (Fsp3) is 0.278. The fourth-order valence-corrected chi connectivity index (χ4v) is 3.64.